The molecular weight excluding hydrogens is 394 g/mol. The van der Waals surface area contributed by atoms with Crippen molar-refractivity contribution in [2.24, 2.45) is 0 Å². The molecule has 0 bridgehead atoms. The van der Waals surface area contributed by atoms with E-state index in [0.29, 0.717) is 5.56 Å². The van der Waals surface area contributed by atoms with Gasteiger partial charge in [0.15, 0.2) is 0 Å². The summed E-state index contributed by atoms with van der Waals surface area (Å²) >= 11 is 6.88. The Labute approximate surface area is 142 Å². The lowest BCUT2D eigenvalue weighted by molar-refractivity contribution is 0.0911. The Hall–Kier alpha value is -1.13. The highest BCUT2D eigenvalue weighted by Gasteiger charge is 2.24. The molecule has 0 aliphatic rings. The Balaban J connectivity index is 2.23. The maximum Gasteiger partial charge on any atom is 0.253 e. The number of amides is 1. The summed E-state index contributed by atoms with van der Waals surface area (Å²) in [6.45, 7) is 5.99. The average Bonchev–Trinajstić information content (AvgIpc) is 2.38. The third-order valence-corrected chi connectivity index (χ3v) is 4.55. The fourth-order valence-electron chi connectivity index (χ4n) is 2.09. The molecule has 0 aliphatic heterocycles. The van der Waals surface area contributed by atoms with Gasteiger partial charge in [-0.05, 0) is 72.1 Å². The van der Waals surface area contributed by atoms with Crippen molar-refractivity contribution in [2.75, 3.05) is 0 Å². The number of hydrogen-bond acceptors (Lipinski definition) is 1. The largest absolute Gasteiger partial charge is 0.343 e. The minimum absolute atomic E-state index is 0.0882. The number of carbonyl (C=O) groups excluding carboxylic acids is 1. The number of carbonyl (C=O) groups is 1. The molecule has 2 aromatic rings. The SMILES string of the molecule is Cc1ccc(C(=O)NC(C)(C)c2ccc(Br)cc2)c(Br)c1. The standard InChI is InChI=1S/C17H17Br2NO/c1-11-4-9-14(15(19)10-11)16(21)20-17(2,3)12-5-7-13(18)8-6-12/h4-10H,1-3H3,(H,20,21). The van der Waals surface area contributed by atoms with Crippen LogP contribution in [0.1, 0.15) is 35.3 Å². The van der Waals surface area contributed by atoms with Crippen LogP contribution in [0.4, 0.5) is 0 Å². The number of rotatable bonds is 3. The Morgan fingerprint density at radius 2 is 1.67 bits per heavy atom. The van der Waals surface area contributed by atoms with E-state index >= 15 is 0 Å². The average molecular weight is 411 g/mol. The lowest BCUT2D eigenvalue weighted by atomic mass is 9.94. The van der Waals surface area contributed by atoms with Crippen molar-refractivity contribution in [1.82, 2.24) is 5.32 Å². The van der Waals surface area contributed by atoms with Gasteiger partial charge in [-0.3, -0.25) is 4.79 Å². The molecule has 0 aromatic heterocycles. The molecule has 2 aromatic carbocycles. The van der Waals surface area contributed by atoms with Gasteiger partial charge < -0.3 is 5.32 Å². The summed E-state index contributed by atoms with van der Waals surface area (Å²) < 4.78 is 1.83. The fourth-order valence-corrected chi connectivity index (χ4v) is 3.03. The van der Waals surface area contributed by atoms with Gasteiger partial charge in [0.25, 0.3) is 5.91 Å². The van der Waals surface area contributed by atoms with Crippen LogP contribution in [0.15, 0.2) is 51.4 Å². The van der Waals surface area contributed by atoms with Gasteiger partial charge in [-0.1, -0.05) is 34.1 Å². The van der Waals surface area contributed by atoms with Crippen molar-refractivity contribution in [3.8, 4) is 0 Å². The van der Waals surface area contributed by atoms with Gasteiger partial charge in [-0.25, -0.2) is 0 Å². The van der Waals surface area contributed by atoms with E-state index in [2.05, 4.69) is 37.2 Å². The summed E-state index contributed by atoms with van der Waals surface area (Å²) in [4.78, 5) is 12.5. The molecule has 0 aliphatic carbocycles. The van der Waals surface area contributed by atoms with Crippen molar-refractivity contribution in [1.29, 1.82) is 0 Å². The van der Waals surface area contributed by atoms with E-state index in [-0.39, 0.29) is 5.91 Å². The molecule has 21 heavy (non-hydrogen) atoms. The first-order valence-electron chi connectivity index (χ1n) is 6.64. The van der Waals surface area contributed by atoms with E-state index < -0.39 is 5.54 Å². The number of benzene rings is 2. The summed E-state index contributed by atoms with van der Waals surface area (Å²) in [5, 5.41) is 3.08. The van der Waals surface area contributed by atoms with Crippen LogP contribution in [0, 0.1) is 6.92 Å². The van der Waals surface area contributed by atoms with Crippen molar-refractivity contribution in [3.63, 3.8) is 0 Å². The summed E-state index contributed by atoms with van der Waals surface area (Å²) in [5.74, 6) is -0.0882. The molecule has 0 saturated heterocycles. The third-order valence-electron chi connectivity index (χ3n) is 3.36. The van der Waals surface area contributed by atoms with Crippen LogP contribution in [0.3, 0.4) is 0 Å². The second-order valence-corrected chi connectivity index (χ2v) is 7.34. The topological polar surface area (TPSA) is 29.1 Å². The number of hydrogen-bond donors (Lipinski definition) is 1. The maximum atomic E-state index is 12.5. The zero-order valence-electron chi connectivity index (χ0n) is 12.2. The highest BCUT2D eigenvalue weighted by Crippen LogP contribution is 2.24. The quantitative estimate of drug-likeness (QED) is 0.741. The highest BCUT2D eigenvalue weighted by molar-refractivity contribution is 9.10. The molecular formula is C17H17Br2NO. The number of halogens is 2. The second-order valence-electron chi connectivity index (χ2n) is 5.57. The monoisotopic (exact) mass is 409 g/mol. The minimum Gasteiger partial charge on any atom is -0.343 e. The van der Waals surface area contributed by atoms with E-state index in [1.165, 1.54) is 0 Å². The van der Waals surface area contributed by atoms with Crippen molar-refractivity contribution >= 4 is 37.8 Å². The van der Waals surface area contributed by atoms with Crippen LogP contribution < -0.4 is 5.32 Å². The zero-order valence-corrected chi connectivity index (χ0v) is 15.4. The fraction of sp³-hybridized carbons (Fsp3) is 0.235. The summed E-state index contributed by atoms with van der Waals surface area (Å²) in [6.07, 6.45) is 0. The molecule has 1 amide bonds. The van der Waals surface area contributed by atoms with E-state index in [4.69, 9.17) is 0 Å². The third kappa shape index (κ3) is 3.95. The Morgan fingerprint density at radius 1 is 1.05 bits per heavy atom. The molecule has 4 heteroatoms. The molecule has 110 valence electrons. The van der Waals surface area contributed by atoms with Gasteiger partial charge >= 0.3 is 0 Å². The Morgan fingerprint density at radius 3 is 2.24 bits per heavy atom. The van der Waals surface area contributed by atoms with Crippen LogP contribution >= 0.6 is 31.9 Å². The molecule has 0 atom stereocenters. The van der Waals surface area contributed by atoms with Gasteiger partial charge in [0.1, 0.15) is 0 Å². The summed E-state index contributed by atoms with van der Waals surface area (Å²) in [7, 11) is 0. The van der Waals surface area contributed by atoms with Crippen molar-refractivity contribution in [2.45, 2.75) is 26.3 Å². The van der Waals surface area contributed by atoms with Crippen LogP contribution in [-0.2, 0) is 5.54 Å². The summed E-state index contributed by atoms with van der Waals surface area (Å²) in [6, 6.07) is 13.7. The smallest absolute Gasteiger partial charge is 0.253 e. The van der Waals surface area contributed by atoms with E-state index in [0.717, 1.165) is 20.1 Å². The van der Waals surface area contributed by atoms with Crippen LogP contribution in [0.25, 0.3) is 0 Å². The van der Waals surface area contributed by atoms with Gasteiger partial charge in [-0.15, -0.1) is 0 Å². The maximum absolute atomic E-state index is 12.5. The summed E-state index contributed by atoms with van der Waals surface area (Å²) in [5.41, 5.74) is 2.38. The lowest BCUT2D eigenvalue weighted by Gasteiger charge is -2.27. The first-order valence-corrected chi connectivity index (χ1v) is 8.23. The normalized spacial score (nSPS) is 11.3. The lowest BCUT2D eigenvalue weighted by Crippen LogP contribution is -2.41. The molecule has 2 rings (SSSR count). The van der Waals surface area contributed by atoms with Crippen molar-refractivity contribution in [3.05, 3.63) is 68.1 Å². The predicted molar refractivity (Wildman–Crippen MR) is 93.5 cm³/mol. The van der Waals surface area contributed by atoms with Gasteiger partial charge in [0.05, 0.1) is 11.1 Å². The molecule has 0 unspecified atom stereocenters. The van der Waals surface area contributed by atoms with E-state index in [1.54, 1.807) is 0 Å². The first kappa shape index (κ1) is 16.2. The Kier molecular flexibility index (Phi) is 4.89. The highest BCUT2D eigenvalue weighted by atomic mass is 79.9. The molecule has 0 spiro atoms. The zero-order chi connectivity index (χ0) is 15.6. The molecule has 2 nitrogen and oxygen atoms in total. The molecule has 0 saturated carbocycles. The second kappa shape index (κ2) is 6.32. The first-order chi connectivity index (χ1) is 9.79. The molecule has 0 heterocycles. The van der Waals surface area contributed by atoms with Gasteiger partial charge in [-0.2, -0.15) is 0 Å². The van der Waals surface area contributed by atoms with Gasteiger partial charge in [0.2, 0.25) is 0 Å². The van der Waals surface area contributed by atoms with Crippen LogP contribution in [0.2, 0.25) is 0 Å². The number of aryl methyl sites for hydroxylation is 1. The molecule has 0 radical (unpaired) electrons. The Bertz CT molecular complexity index is 663. The van der Waals surface area contributed by atoms with E-state index in [9.17, 15) is 4.79 Å². The number of nitrogens with one attached hydrogen (secondary N) is 1. The molecule has 0 fully saturated rings. The van der Waals surface area contributed by atoms with Crippen LogP contribution in [-0.4, -0.2) is 5.91 Å². The van der Waals surface area contributed by atoms with E-state index in [1.807, 2.05) is 63.2 Å². The predicted octanol–water partition coefficient (Wildman–Crippen LogP) is 5.19. The van der Waals surface area contributed by atoms with Gasteiger partial charge in [0, 0.05) is 8.95 Å². The van der Waals surface area contributed by atoms with Crippen LogP contribution in [0.5, 0.6) is 0 Å². The molecule has 1 N–H and O–H groups in total. The minimum atomic E-state index is -0.442. The van der Waals surface area contributed by atoms with Crippen molar-refractivity contribution < 1.29 is 4.79 Å².